The Bertz CT molecular complexity index is 1380. The first-order chi connectivity index (χ1) is 42.0. The molecule has 0 spiro atoms. The third-order valence-corrected chi connectivity index (χ3v) is 18.1. The van der Waals surface area contributed by atoms with Gasteiger partial charge in [0.15, 0.2) is 0 Å². The number of hydrogen-bond acceptors (Lipinski definition) is 5. The molecular weight excluding hydrogens is 1040 g/mol. The Balaban J connectivity index is 3.39. The van der Waals surface area contributed by atoms with E-state index < -0.39 is 12.1 Å². The highest BCUT2D eigenvalue weighted by Gasteiger charge is 2.18. The molecule has 0 aliphatic rings. The van der Waals surface area contributed by atoms with Gasteiger partial charge in [-0.1, -0.05) is 371 Å². The first-order valence-electron chi connectivity index (χ1n) is 38.8. The van der Waals surface area contributed by atoms with Gasteiger partial charge < -0.3 is 20.3 Å². The van der Waals surface area contributed by atoms with Crippen LogP contribution in [0.5, 0.6) is 0 Å². The van der Waals surface area contributed by atoms with E-state index in [9.17, 15) is 19.8 Å². The van der Waals surface area contributed by atoms with E-state index in [-0.39, 0.29) is 18.5 Å². The molecule has 0 saturated heterocycles. The highest BCUT2D eigenvalue weighted by molar-refractivity contribution is 5.76. The van der Waals surface area contributed by atoms with Crippen molar-refractivity contribution in [2.45, 2.75) is 443 Å². The number of carbonyl (C=O) groups is 2. The molecule has 0 fully saturated rings. The molecular formula is C79H151NO5. The molecule has 3 N–H and O–H groups in total. The predicted octanol–water partition coefficient (Wildman–Crippen LogP) is 25.4. The van der Waals surface area contributed by atoms with Gasteiger partial charge in [0.2, 0.25) is 5.91 Å². The zero-order chi connectivity index (χ0) is 61.3. The topological polar surface area (TPSA) is 95.9 Å². The van der Waals surface area contributed by atoms with Crippen molar-refractivity contribution in [2.24, 2.45) is 0 Å². The average molecular weight is 1200 g/mol. The van der Waals surface area contributed by atoms with Gasteiger partial charge in [0.25, 0.3) is 0 Å². The van der Waals surface area contributed by atoms with E-state index in [1.165, 1.54) is 360 Å². The summed E-state index contributed by atoms with van der Waals surface area (Å²) in [7, 11) is 0. The number of esters is 1. The minimum Gasteiger partial charge on any atom is -0.466 e. The van der Waals surface area contributed by atoms with Crippen LogP contribution >= 0.6 is 0 Å². The minimum absolute atomic E-state index is 0.0101. The lowest BCUT2D eigenvalue weighted by atomic mass is 10.0. The molecule has 85 heavy (non-hydrogen) atoms. The number of aliphatic hydroxyl groups is 2. The van der Waals surface area contributed by atoms with E-state index in [1.807, 2.05) is 6.08 Å². The third-order valence-electron chi connectivity index (χ3n) is 18.1. The number of unbranched alkanes of at least 4 members (excludes halogenated alkanes) is 58. The van der Waals surface area contributed by atoms with Gasteiger partial charge in [0.1, 0.15) is 0 Å². The van der Waals surface area contributed by atoms with Crippen LogP contribution in [0.4, 0.5) is 0 Å². The molecule has 0 aromatic heterocycles. The quantitative estimate of drug-likeness (QED) is 0.0320. The van der Waals surface area contributed by atoms with Crippen LogP contribution in [0.2, 0.25) is 0 Å². The summed E-state index contributed by atoms with van der Waals surface area (Å²) in [5.74, 6) is -0.0520. The minimum atomic E-state index is -0.845. The summed E-state index contributed by atoms with van der Waals surface area (Å²) in [5.41, 5.74) is 0. The number of nitrogens with one attached hydrogen (secondary N) is 1. The van der Waals surface area contributed by atoms with Crippen molar-refractivity contribution in [3.05, 3.63) is 36.5 Å². The molecule has 0 radical (unpaired) electrons. The number of ether oxygens (including phenoxy) is 1. The van der Waals surface area contributed by atoms with Crippen molar-refractivity contribution in [1.29, 1.82) is 0 Å². The van der Waals surface area contributed by atoms with Crippen molar-refractivity contribution in [1.82, 2.24) is 5.32 Å². The summed E-state index contributed by atoms with van der Waals surface area (Å²) in [6.45, 7) is 4.94. The molecule has 0 aliphatic heterocycles. The Labute approximate surface area is 532 Å². The zero-order valence-electron chi connectivity index (χ0n) is 57.6. The zero-order valence-corrected chi connectivity index (χ0v) is 57.6. The molecule has 1 amide bonds. The summed E-state index contributed by atoms with van der Waals surface area (Å²) < 4.78 is 5.50. The Morgan fingerprint density at radius 2 is 0.553 bits per heavy atom. The maximum Gasteiger partial charge on any atom is 0.305 e. The number of allylic oxidation sites excluding steroid dienone is 5. The smallest absolute Gasteiger partial charge is 0.305 e. The van der Waals surface area contributed by atoms with Crippen LogP contribution in [-0.2, 0) is 14.3 Å². The molecule has 0 bridgehead atoms. The summed E-state index contributed by atoms with van der Waals surface area (Å²) in [5, 5.41) is 23.3. The SMILES string of the molecule is CCCCCCCCC/C=C\CCCCCCCC(=O)OCCCCCCCCCCCCCC/C=C\CCCCCCCCCCCCCCCCC(=O)NC(CO)C(O)/C=C/CCCCCCCCCCCCCCCCCCCCCC. The second kappa shape index (κ2) is 74.5. The van der Waals surface area contributed by atoms with Crippen LogP contribution in [0.25, 0.3) is 0 Å². The lowest BCUT2D eigenvalue weighted by Gasteiger charge is -2.20. The van der Waals surface area contributed by atoms with Crippen LogP contribution in [0, 0.1) is 0 Å². The van der Waals surface area contributed by atoms with Gasteiger partial charge in [-0.3, -0.25) is 9.59 Å². The van der Waals surface area contributed by atoms with Crippen LogP contribution in [0.3, 0.4) is 0 Å². The van der Waals surface area contributed by atoms with Crippen molar-refractivity contribution in [3.63, 3.8) is 0 Å². The maximum absolute atomic E-state index is 12.5. The summed E-state index contributed by atoms with van der Waals surface area (Å²) in [6.07, 6.45) is 96.8. The third kappa shape index (κ3) is 71.0. The lowest BCUT2D eigenvalue weighted by molar-refractivity contribution is -0.143. The van der Waals surface area contributed by atoms with Gasteiger partial charge in [-0.05, 0) is 83.5 Å². The monoisotopic (exact) mass is 1190 g/mol. The van der Waals surface area contributed by atoms with Crippen LogP contribution in [-0.4, -0.2) is 47.4 Å². The lowest BCUT2D eigenvalue weighted by Crippen LogP contribution is -2.45. The summed E-state index contributed by atoms with van der Waals surface area (Å²) in [4.78, 5) is 24.6. The van der Waals surface area contributed by atoms with Gasteiger partial charge in [-0.15, -0.1) is 0 Å². The van der Waals surface area contributed by atoms with Crippen molar-refractivity contribution in [3.8, 4) is 0 Å². The Morgan fingerprint density at radius 1 is 0.318 bits per heavy atom. The normalized spacial score (nSPS) is 12.7. The Kier molecular flexibility index (Phi) is 72.9. The fourth-order valence-electron chi connectivity index (χ4n) is 12.2. The number of aliphatic hydroxyl groups excluding tert-OH is 2. The summed E-state index contributed by atoms with van der Waals surface area (Å²) in [6, 6.07) is -0.628. The number of amides is 1. The molecule has 0 aliphatic carbocycles. The van der Waals surface area contributed by atoms with E-state index in [0.29, 0.717) is 19.4 Å². The number of hydrogen-bond donors (Lipinski definition) is 3. The van der Waals surface area contributed by atoms with E-state index >= 15 is 0 Å². The van der Waals surface area contributed by atoms with E-state index in [0.717, 1.165) is 44.9 Å². The first kappa shape index (κ1) is 83.1. The van der Waals surface area contributed by atoms with Crippen molar-refractivity contribution >= 4 is 11.9 Å². The molecule has 502 valence electrons. The fraction of sp³-hybridized carbons (Fsp3) is 0.899. The van der Waals surface area contributed by atoms with Gasteiger partial charge in [-0.2, -0.15) is 0 Å². The van der Waals surface area contributed by atoms with Gasteiger partial charge >= 0.3 is 5.97 Å². The fourth-order valence-corrected chi connectivity index (χ4v) is 12.2. The molecule has 6 nitrogen and oxygen atoms in total. The Morgan fingerprint density at radius 3 is 0.835 bits per heavy atom. The van der Waals surface area contributed by atoms with Crippen molar-refractivity contribution in [2.75, 3.05) is 13.2 Å². The second-order valence-corrected chi connectivity index (χ2v) is 26.7. The molecule has 0 rings (SSSR count). The maximum atomic E-state index is 12.5. The highest BCUT2D eigenvalue weighted by Crippen LogP contribution is 2.19. The van der Waals surface area contributed by atoms with E-state index in [4.69, 9.17) is 4.74 Å². The molecule has 0 heterocycles. The van der Waals surface area contributed by atoms with Crippen LogP contribution in [0.15, 0.2) is 36.5 Å². The van der Waals surface area contributed by atoms with E-state index in [2.05, 4.69) is 43.5 Å². The van der Waals surface area contributed by atoms with Crippen LogP contribution in [0.1, 0.15) is 431 Å². The van der Waals surface area contributed by atoms with Gasteiger partial charge in [0.05, 0.1) is 25.4 Å². The van der Waals surface area contributed by atoms with Crippen molar-refractivity contribution < 1.29 is 24.5 Å². The summed E-state index contributed by atoms with van der Waals surface area (Å²) >= 11 is 0. The molecule has 6 heteroatoms. The highest BCUT2D eigenvalue weighted by atomic mass is 16.5. The van der Waals surface area contributed by atoms with E-state index in [1.54, 1.807) is 6.08 Å². The molecule has 2 atom stereocenters. The number of rotatable bonds is 73. The van der Waals surface area contributed by atoms with Gasteiger partial charge in [-0.25, -0.2) is 0 Å². The molecule has 0 aromatic rings. The number of carbonyl (C=O) groups excluding carboxylic acids is 2. The Hall–Kier alpha value is -1.92. The predicted molar refractivity (Wildman–Crippen MR) is 375 cm³/mol. The standard InChI is InChI=1S/C79H151NO5/c1-3-5-7-9-11-13-15-17-19-21-22-23-34-37-40-43-47-51-55-59-63-67-71-77(82)76(75-81)80-78(83)72-68-64-60-56-52-48-44-41-38-35-32-30-28-26-24-25-27-29-31-33-36-39-42-46-50-54-58-62-66-70-74-85-79(84)73-69-65-61-57-53-49-45-20-18-16-14-12-10-8-6-4-2/h20,25,27,45,67,71,76-77,81-82H,3-19,21-24,26,28-44,46-66,68-70,72-75H2,1-2H3,(H,80,83)/b27-25-,45-20-,71-67+. The second-order valence-electron chi connectivity index (χ2n) is 26.7. The largest absolute Gasteiger partial charge is 0.466 e. The molecule has 0 aromatic carbocycles. The van der Waals surface area contributed by atoms with Gasteiger partial charge in [0, 0.05) is 12.8 Å². The average Bonchev–Trinajstić information content (AvgIpc) is 3.51. The molecule has 0 saturated carbocycles. The van der Waals surface area contributed by atoms with Crippen LogP contribution < -0.4 is 5.32 Å². The first-order valence-corrected chi connectivity index (χ1v) is 38.8. The molecule has 2 unspecified atom stereocenters.